The van der Waals surface area contributed by atoms with E-state index in [0.717, 1.165) is 5.56 Å². The van der Waals surface area contributed by atoms with Gasteiger partial charge in [-0.05, 0) is 30.7 Å². The van der Waals surface area contributed by atoms with E-state index in [-0.39, 0.29) is 6.61 Å². The van der Waals surface area contributed by atoms with Crippen LogP contribution in [-0.4, -0.2) is 17.7 Å². The highest BCUT2D eigenvalue weighted by Gasteiger charge is 2.22. The van der Waals surface area contributed by atoms with E-state index in [2.05, 4.69) is 0 Å². The van der Waals surface area contributed by atoms with Crippen LogP contribution in [0.25, 0.3) is 0 Å². The Labute approximate surface area is 120 Å². The molecule has 0 aliphatic rings. The number of rotatable bonds is 5. The molecule has 0 aliphatic carbocycles. The van der Waals surface area contributed by atoms with E-state index >= 15 is 0 Å². The number of carboxylic acid groups (broad SMARTS) is 1. The Balaban J connectivity index is 2.10. The minimum Gasteiger partial charge on any atom is -0.492 e. The van der Waals surface area contributed by atoms with Crippen LogP contribution < -0.4 is 4.74 Å². The Bertz CT molecular complexity index is 580. The third-order valence-corrected chi connectivity index (χ3v) is 4.08. The van der Waals surface area contributed by atoms with Gasteiger partial charge >= 0.3 is 5.97 Å². The van der Waals surface area contributed by atoms with E-state index in [1.165, 1.54) is 11.3 Å². The molecule has 1 atom stereocenters. The number of para-hydroxylation sites is 1. The normalized spacial score (nSPS) is 12.1. The number of thiophene rings is 1. The van der Waals surface area contributed by atoms with E-state index < -0.39 is 11.9 Å². The number of aryl methyl sites for hydroxylation is 1. The lowest BCUT2D eigenvalue weighted by molar-refractivity contribution is -0.139. The summed E-state index contributed by atoms with van der Waals surface area (Å²) in [4.78, 5) is 12.0. The minimum atomic E-state index is -0.910. The Morgan fingerprint density at radius 3 is 2.68 bits per heavy atom. The van der Waals surface area contributed by atoms with Gasteiger partial charge in [0.2, 0.25) is 0 Å². The first kappa shape index (κ1) is 13.9. The number of aliphatic carboxylic acids is 1. The van der Waals surface area contributed by atoms with Gasteiger partial charge in [0.15, 0.2) is 0 Å². The summed E-state index contributed by atoms with van der Waals surface area (Å²) in [7, 11) is 0. The smallest absolute Gasteiger partial charge is 0.315 e. The number of ether oxygens (including phenoxy) is 1. The number of benzene rings is 1. The molecule has 0 saturated carbocycles. The first-order valence-electron chi connectivity index (χ1n) is 5.74. The van der Waals surface area contributed by atoms with E-state index in [1.807, 2.05) is 31.2 Å². The summed E-state index contributed by atoms with van der Waals surface area (Å²) in [5.74, 6) is -0.902. The zero-order valence-electron chi connectivity index (χ0n) is 10.3. The van der Waals surface area contributed by atoms with Crippen molar-refractivity contribution in [2.75, 3.05) is 6.61 Å². The molecule has 0 aliphatic heterocycles. The van der Waals surface area contributed by atoms with Crippen LogP contribution in [0.5, 0.6) is 5.75 Å². The summed E-state index contributed by atoms with van der Waals surface area (Å²) in [6, 6.07) is 11.0. The predicted molar refractivity (Wildman–Crippen MR) is 76.4 cm³/mol. The molecule has 0 spiro atoms. The van der Waals surface area contributed by atoms with Gasteiger partial charge in [-0.2, -0.15) is 0 Å². The van der Waals surface area contributed by atoms with E-state index in [4.69, 9.17) is 16.3 Å². The third kappa shape index (κ3) is 3.49. The van der Waals surface area contributed by atoms with Crippen LogP contribution in [0.3, 0.4) is 0 Å². The quantitative estimate of drug-likeness (QED) is 0.908. The Kier molecular flexibility index (Phi) is 4.45. The molecule has 0 fully saturated rings. The molecule has 2 rings (SSSR count). The molecule has 5 heteroatoms. The summed E-state index contributed by atoms with van der Waals surface area (Å²) in [5, 5.41) is 9.27. The van der Waals surface area contributed by atoms with Crippen LogP contribution in [0.4, 0.5) is 0 Å². The molecule has 1 heterocycles. The van der Waals surface area contributed by atoms with Gasteiger partial charge in [0.05, 0.1) is 4.34 Å². The van der Waals surface area contributed by atoms with Gasteiger partial charge in [-0.25, -0.2) is 0 Å². The molecule has 0 bridgehead atoms. The average molecular weight is 297 g/mol. The highest BCUT2D eigenvalue weighted by Crippen LogP contribution is 2.29. The molecular formula is C14H13ClO3S. The topological polar surface area (TPSA) is 46.5 Å². The molecule has 1 aromatic heterocycles. The monoisotopic (exact) mass is 296 g/mol. The summed E-state index contributed by atoms with van der Waals surface area (Å²) < 4.78 is 6.19. The van der Waals surface area contributed by atoms with Gasteiger partial charge in [0.25, 0.3) is 0 Å². The molecule has 2 aromatic rings. The van der Waals surface area contributed by atoms with Crippen molar-refractivity contribution in [1.29, 1.82) is 0 Å². The van der Waals surface area contributed by atoms with Gasteiger partial charge in [-0.15, -0.1) is 11.3 Å². The maximum atomic E-state index is 11.3. The zero-order valence-corrected chi connectivity index (χ0v) is 11.9. The average Bonchev–Trinajstić information content (AvgIpc) is 2.78. The molecular weight excluding hydrogens is 284 g/mol. The van der Waals surface area contributed by atoms with Crippen LogP contribution >= 0.6 is 22.9 Å². The van der Waals surface area contributed by atoms with Crippen molar-refractivity contribution in [3.05, 3.63) is 51.2 Å². The lowest BCUT2D eigenvalue weighted by Crippen LogP contribution is -2.18. The second kappa shape index (κ2) is 6.08. The summed E-state index contributed by atoms with van der Waals surface area (Å²) in [6.45, 7) is 2.02. The third-order valence-electron chi connectivity index (χ3n) is 2.73. The van der Waals surface area contributed by atoms with E-state index in [1.54, 1.807) is 12.1 Å². The number of carboxylic acids is 1. The molecule has 1 unspecified atom stereocenters. The Hall–Kier alpha value is -1.52. The molecule has 0 saturated heterocycles. The minimum absolute atomic E-state index is 0.0943. The first-order valence-corrected chi connectivity index (χ1v) is 6.94. The van der Waals surface area contributed by atoms with Gasteiger partial charge < -0.3 is 9.84 Å². The molecule has 0 radical (unpaired) electrons. The second-order valence-electron chi connectivity index (χ2n) is 4.11. The highest BCUT2D eigenvalue weighted by atomic mass is 35.5. The Morgan fingerprint density at radius 2 is 2.11 bits per heavy atom. The molecule has 1 N–H and O–H groups in total. The van der Waals surface area contributed by atoms with Crippen LogP contribution in [0.2, 0.25) is 4.34 Å². The van der Waals surface area contributed by atoms with Crippen molar-refractivity contribution in [2.24, 2.45) is 0 Å². The SMILES string of the molecule is Cc1ccccc1OCC(C(=O)O)c1ccc(Cl)s1. The zero-order chi connectivity index (χ0) is 13.8. The maximum Gasteiger partial charge on any atom is 0.315 e. The number of hydrogen-bond acceptors (Lipinski definition) is 3. The lowest BCUT2D eigenvalue weighted by Gasteiger charge is -2.13. The van der Waals surface area contributed by atoms with Crippen molar-refractivity contribution in [3.8, 4) is 5.75 Å². The van der Waals surface area contributed by atoms with Crippen molar-refractivity contribution >= 4 is 28.9 Å². The molecule has 100 valence electrons. The highest BCUT2D eigenvalue weighted by molar-refractivity contribution is 7.16. The van der Waals surface area contributed by atoms with Crippen molar-refractivity contribution in [2.45, 2.75) is 12.8 Å². The molecule has 0 amide bonds. The summed E-state index contributed by atoms with van der Waals surface area (Å²) in [5.41, 5.74) is 0.982. The molecule has 1 aromatic carbocycles. The van der Waals surface area contributed by atoms with E-state index in [9.17, 15) is 9.90 Å². The van der Waals surface area contributed by atoms with Crippen LogP contribution in [0.1, 0.15) is 16.4 Å². The van der Waals surface area contributed by atoms with Gasteiger partial charge in [0.1, 0.15) is 18.3 Å². The first-order chi connectivity index (χ1) is 9.08. The van der Waals surface area contributed by atoms with Crippen LogP contribution in [0.15, 0.2) is 36.4 Å². The lowest BCUT2D eigenvalue weighted by atomic mass is 10.1. The predicted octanol–water partition coefficient (Wildman–Crippen LogP) is 3.96. The van der Waals surface area contributed by atoms with Crippen LogP contribution in [0, 0.1) is 6.92 Å². The molecule has 3 nitrogen and oxygen atoms in total. The van der Waals surface area contributed by atoms with E-state index in [0.29, 0.717) is 15.0 Å². The standard InChI is InChI=1S/C14H13ClO3S/c1-9-4-2-3-5-11(9)18-8-10(14(16)17)12-6-7-13(15)19-12/h2-7,10H,8H2,1H3,(H,16,17). The maximum absolute atomic E-state index is 11.3. The van der Waals surface area contributed by atoms with Gasteiger partial charge in [-0.3, -0.25) is 4.79 Å². The van der Waals surface area contributed by atoms with Crippen LogP contribution in [-0.2, 0) is 4.79 Å². The Morgan fingerprint density at radius 1 is 1.37 bits per heavy atom. The number of carbonyl (C=O) groups is 1. The fourth-order valence-corrected chi connectivity index (χ4v) is 2.82. The van der Waals surface area contributed by atoms with Gasteiger partial charge in [0, 0.05) is 4.88 Å². The summed E-state index contributed by atoms with van der Waals surface area (Å²) in [6.07, 6.45) is 0. The largest absolute Gasteiger partial charge is 0.492 e. The summed E-state index contributed by atoms with van der Waals surface area (Å²) >= 11 is 7.10. The fraction of sp³-hybridized carbons (Fsp3) is 0.214. The number of hydrogen-bond donors (Lipinski definition) is 1. The van der Waals surface area contributed by atoms with Crippen molar-refractivity contribution < 1.29 is 14.6 Å². The van der Waals surface area contributed by atoms with Crippen molar-refractivity contribution in [1.82, 2.24) is 0 Å². The number of halogens is 1. The second-order valence-corrected chi connectivity index (χ2v) is 5.86. The van der Waals surface area contributed by atoms with Crippen molar-refractivity contribution in [3.63, 3.8) is 0 Å². The fourth-order valence-electron chi connectivity index (χ4n) is 1.68. The molecule has 19 heavy (non-hydrogen) atoms. The van der Waals surface area contributed by atoms with Gasteiger partial charge in [-0.1, -0.05) is 29.8 Å².